The zero-order chi connectivity index (χ0) is 12.7. The van der Waals surface area contributed by atoms with Crippen molar-refractivity contribution in [2.24, 2.45) is 0 Å². The molecule has 1 aromatic rings. The number of ether oxygens (including phenoxy) is 1. The molecule has 0 spiro atoms. The van der Waals surface area contributed by atoms with Gasteiger partial charge in [-0.15, -0.1) is 0 Å². The van der Waals surface area contributed by atoms with Crippen molar-refractivity contribution < 1.29 is 19.4 Å². The minimum absolute atomic E-state index is 0.0492. The first-order valence-corrected chi connectivity index (χ1v) is 5.58. The summed E-state index contributed by atoms with van der Waals surface area (Å²) in [5.74, 6) is -0.762. The molecule has 1 N–H and O–H groups in total. The number of hydrogen-bond donors (Lipinski definition) is 1. The number of rotatable bonds is 6. The van der Waals surface area contributed by atoms with Gasteiger partial charge in [0.05, 0.1) is 6.61 Å². The topological polar surface area (TPSA) is 63.6 Å². The lowest BCUT2D eigenvalue weighted by Crippen LogP contribution is -2.22. The van der Waals surface area contributed by atoms with Crippen LogP contribution in [-0.4, -0.2) is 29.6 Å². The average molecular weight is 236 g/mol. The molecule has 4 nitrogen and oxygen atoms in total. The number of carbonyl (C=O) groups excluding carboxylic acids is 2. The van der Waals surface area contributed by atoms with Gasteiger partial charge >= 0.3 is 5.97 Å². The van der Waals surface area contributed by atoms with Gasteiger partial charge in [0.25, 0.3) is 0 Å². The minimum Gasteiger partial charge on any atom is -0.466 e. The summed E-state index contributed by atoms with van der Waals surface area (Å²) in [5.41, 5.74) is 0.448. The van der Waals surface area contributed by atoms with Crippen LogP contribution in [0, 0.1) is 0 Å². The number of ketones is 1. The first-order chi connectivity index (χ1) is 8.15. The molecule has 0 aliphatic rings. The number of esters is 1. The fourth-order valence-corrected chi connectivity index (χ4v) is 1.41. The molecule has 0 aliphatic heterocycles. The Morgan fingerprint density at radius 3 is 2.53 bits per heavy atom. The Labute approximate surface area is 100 Å². The minimum atomic E-state index is -1.15. The van der Waals surface area contributed by atoms with Gasteiger partial charge in [0.2, 0.25) is 0 Å². The van der Waals surface area contributed by atoms with E-state index in [4.69, 9.17) is 4.74 Å². The largest absolute Gasteiger partial charge is 0.466 e. The van der Waals surface area contributed by atoms with Gasteiger partial charge in [0, 0.05) is 12.0 Å². The van der Waals surface area contributed by atoms with E-state index in [-0.39, 0.29) is 18.6 Å². The van der Waals surface area contributed by atoms with Crippen LogP contribution >= 0.6 is 0 Å². The van der Waals surface area contributed by atoms with Crippen molar-refractivity contribution in [2.45, 2.75) is 25.9 Å². The van der Waals surface area contributed by atoms with Crippen LogP contribution in [0.15, 0.2) is 30.3 Å². The number of Topliss-reactive ketones (excluding diaryl/α,β-unsaturated/α-hetero) is 1. The van der Waals surface area contributed by atoms with E-state index in [9.17, 15) is 14.7 Å². The second-order valence-electron chi connectivity index (χ2n) is 3.59. The third kappa shape index (κ3) is 4.36. The molecule has 0 saturated heterocycles. The molecule has 0 aliphatic carbocycles. The summed E-state index contributed by atoms with van der Waals surface area (Å²) in [6.07, 6.45) is -1.01. The molecule has 0 aromatic heterocycles. The molecule has 1 aromatic carbocycles. The Morgan fingerprint density at radius 2 is 1.94 bits per heavy atom. The number of hydrogen-bond acceptors (Lipinski definition) is 4. The van der Waals surface area contributed by atoms with Gasteiger partial charge < -0.3 is 9.84 Å². The predicted octanol–water partition coefficient (Wildman–Crippen LogP) is 1.57. The highest BCUT2D eigenvalue weighted by molar-refractivity contribution is 5.99. The van der Waals surface area contributed by atoms with Gasteiger partial charge in [-0.25, -0.2) is 0 Å². The van der Waals surface area contributed by atoms with E-state index in [2.05, 4.69) is 0 Å². The standard InChI is InChI=1S/C13H16O4/c1-2-17-12(15)9-8-11(14)13(16)10-6-4-3-5-7-10/h3-7,11,14H,2,8-9H2,1H3. The van der Waals surface area contributed by atoms with Crippen LogP contribution in [0.4, 0.5) is 0 Å². The lowest BCUT2D eigenvalue weighted by Gasteiger charge is -2.08. The van der Waals surface area contributed by atoms with Crippen molar-refractivity contribution >= 4 is 11.8 Å². The van der Waals surface area contributed by atoms with Crippen molar-refractivity contribution in [1.82, 2.24) is 0 Å². The van der Waals surface area contributed by atoms with E-state index in [1.165, 1.54) is 0 Å². The molecule has 1 rings (SSSR count). The second kappa shape index (κ2) is 6.81. The predicted molar refractivity (Wildman–Crippen MR) is 62.6 cm³/mol. The maximum Gasteiger partial charge on any atom is 0.305 e. The van der Waals surface area contributed by atoms with E-state index in [0.29, 0.717) is 12.2 Å². The Kier molecular flexibility index (Phi) is 5.36. The zero-order valence-corrected chi connectivity index (χ0v) is 9.76. The summed E-state index contributed by atoms with van der Waals surface area (Å²) in [7, 11) is 0. The van der Waals surface area contributed by atoms with Crippen LogP contribution in [-0.2, 0) is 9.53 Å². The summed E-state index contributed by atoms with van der Waals surface area (Å²) in [4.78, 5) is 22.8. The van der Waals surface area contributed by atoms with Gasteiger partial charge in [0.1, 0.15) is 6.10 Å². The highest BCUT2D eigenvalue weighted by Crippen LogP contribution is 2.08. The number of carbonyl (C=O) groups is 2. The molecular weight excluding hydrogens is 220 g/mol. The average Bonchev–Trinajstić information content (AvgIpc) is 2.36. The number of benzene rings is 1. The highest BCUT2D eigenvalue weighted by Gasteiger charge is 2.18. The quantitative estimate of drug-likeness (QED) is 0.601. The van der Waals surface area contributed by atoms with Gasteiger partial charge in [-0.2, -0.15) is 0 Å². The van der Waals surface area contributed by atoms with Crippen molar-refractivity contribution in [3.63, 3.8) is 0 Å². The van der Waals surface area contributed by atoms with Gasteiger partial charge in [-0.1, -0.05) is 30.3 Å². The monoisotopic (exact) mass is 236 g/mol. The third-order valence-corrected chi connectivity index (χ3v) is 2.29. The summed E-state index contributed by atoms with van der Waals surface area (Å²) in [6.45, 7) is 2.02. The molecule has 1 atom stereocenters. The SMILES string of the molecule is CCOC(=O)CCC(O)C(=O)c1ccccc1. The summed E-state index contributed by atoms with van der Waals surface area (Å²) >= 11 is 0. The lowest BCUT2D eigenvalue weighted by molar-refractivity contribution is -0.143. The molecule has 0 heterocycles. The van der Waals surface area contributed by atoms with Gasteiger partial charge in [-0.3, -0.25) is 9.59 Å². The number of aliphatic hydroxyl groups excluding tert-OH is 1. The molecular formula is C13H16O4. The number of aliphatic hydroxyl groups is 1. The van der Waals surface area contributed by atoms with Crippen LogP contribution < -0.4 is 0 Å². The van der Waals surface area contributed by atoms with E-state index in [1.807, 2.05) is 0 Å². The Morgan fingerprint density at radius 1 is 1.29 bits per heavy atom. The maximum atomic E-state index is 11.7. The lowest BCUT2D eigenvalue weighted by atomic mass is 10.0. The normalized spacial score (nSPS) is 11.9. The first kappa shape index (κ1) is 13.4. The van der Waals surface area contributed by atoms with Crippen molar-refractivity contribution in [2.75, 3.05) is 6.61 Å². The molecule has 0 saturated carbocycles. The zero-order valence-electron chi connectivity index (χ0n) is 9.76. The van der Waals surface area contributed by atoms with E-state index in [0.717, 1.165) is 0 Å². The van der Waals surface area contributed by atoms with Crippen LogP contribution in [0.5, 0.6) is 0 Å². The van der Waals surface area contributed by atoms with Crippen molar-refractivity contribution in [1.29, 1.82) is 0 Å². The summed E-state index contributed by atoms with van der Waals surface area (Å²) in [5, 5.41) is 9.63. The molecule has 1 unspecified atom stereocenters. The van der Waals surface area contributed by atoms with Crippen LogP contribution in [0.25, 0.3) is 0 Å². The molecule has 0 bridgehead atoms. The van der Waals surface area contributed by atoms with E-state index >= 15 is 0 Å². The van der Waals surface area contributed by atoms with Gasteiger partial charge in [0.15, 0.2) is 5.78 Å². The highest BCUT2D eigenvalue weighted by atomic mass is 16.5. The molecule has 4 heteroatoms. The summed E-state index contributed by atoms with van der Waals surface area (Å²) < 4.78 is 4.72. The van der Waals surface area contributed by atoms with Crippen molar-refractivity contribution in [3.05, 3.63) is 35.9 Å². The molecule has 0 amide bonds. The second-order valence-corrected chi connectivity index (χ2v) is 3.59. The molecule has 0 fully saturated rings. The molecule has 92 valence electrons. The van der Waals surface area contributed by atoms with Gasteiger partial charge in [-0.05, 0) is 13.3 Å². The summed E-state index contributed by atoms with van der Waals surface area (Å²) in [6, 6.07) is 8.52. The Bertz CT molecular complexity index is 372. The molecule has 17 heavy (non-hydrogen) atoms. The van der Waals surface area contributed by atoms with Crippen LogP contribution in [0.2, 0.25) is 0 Å². The van der Waals surface area contributed by atoms with E-state index in [1.54, 1.807) is 37.3 Å². The fourth-order valence-electron chi connectivity index (χ4n) is 1.41. The van der Waals surface area contributed by atoms with Crippen LogP contribution in [0.3, 0.4) is 0 Å². The third-order valence-electron chi connectivity index (χ3n) is 2.29. The smallest absolute Gasteiger partial charge is 0.305 e. The van der Waals surface area contributed by atoms with Crippen LogP contribution in [0.1, 0.15) is 30.1 Å². The molecule has 0 radical (unpaired) electrons. The van der Waals surface area contributed by atoms with E-state index < -0.39 is 12.1 Å². The Hall–Kier alpha value is -1.68. The maximum absolute atomic E-state index is 11.7. The Balaban J connectivity index is 2.45. The first-order valence-electron chi connectivity index (χ1n) is 5.58. The van der Waals surface area contributed by atoms with Crippen molar-refractivity contribution in [3.8, 4) is 0 Å². The fraction of sp³-hybridized carbons (Fsp3) is 0.385.